The molecule has 0 spiro atoms. The van der Waals surface area contributed by atoms with Crippen molar-refractivity contribution in [1.82, 2.24) is 4.98 Å². The van der Waals surface area contributed by atoms with E-state index in [4.69, 9.17) is 27.9 Å². The first-order chi connectivity index (χ1) is 14.5. The summed E-state index contributed by atoms with van der Waals surface area (Å²) in [6.07, 6.45) is 5.64. The van der Waals surface area contributed by atoms with Gasteiger partial charge in [0.05, 0.1) is 5.02 Å². The number of anilines is 2. The molecule has 2 fully saturated rings. The monoisotopic (exact) mass is 467 g/mol. The Bertz CT molecular complexity index is 862. The van der Waals surface area contributed by atoms with Gasteiger partial charge in [0.15, 0.2) is 6.29 Å². The third kappa shape index (κ3) is 6.27. The molecule has 8 heteroatoms. The first kappa shape index (κ1) is 23.2. The van der Waals surface area contributed by atoms with Crippen molar-refractivity contribution in [3.63, 3.8) is 0 Å². The second-order valence-corrected chi connectivity index (χ2v) is 9.70. The van der Waals surface area contributed by atoms with Crippen LogP contribution in [0.2, 0.25) is 10.0 Å². The molecule has 5 nitrogen and oxygen atoms in total. The lowest BCUT2D eigenvalue weighted by Gasteiger charge is -2.23. The number of halogens is 2. The molecular formula is C22H27Cl2N3O2S. The van der Waals surface area contributed by atoms with Crippen LogP contribution in [0.5, 0.6) is 0 Å². The van der Waals surface area contributed by atoms with Crippen molar-refractivity contribution in [3.8, 4) is 0 Å². The maximum atomic E-state index is 10.7. The molecule has 0 bridgehead atoms. The molecule has 2 aliphatic heterocycles. The number of aromatic nitrogens is 1. The fraction of sp³-hybridized carbons (Fsp3) is 0.455. The summed E-state index contributed by atoms with van der Waals surface area (Å²) in [6.45, 7) is 4.89. The molecule has 2 aromatic rings. The van der Waals surface area contributed by atoms with Crippen LogP contribution in [-0.2, 0) is 4.74 Å². The Morgan fingerprint density at radius 3 is 2.60 bits per heavy atom. The largest absolute Gasteiger partial charge is 0.388 e. The van der Waals surface area contributed by atoms with Gasteiger partial charge in [-0.25, -0.2) is 4.98 Å². The van der Waals surface area contributed by atoms with Crippen molar-refractivity contribution in [3.05, 3.63) is 51.6 Å². The fourth-order valence-electron chi connectivity index (χ4n) is 3.48. The van der Waals surface area contributed by atoms with Gasteiger partial charge in [0.2, 0.25) is 0 Å². The number of carbonyl (C=O) groups excluding carboxylic acids is 1. The average Bonchev–Trinajstić information content (AvgIpc) is 3.21. The van der Waals surface area contributed by atoms with Crippen LogP contribution in [0.15, 0.2) is 30.5 Å². The van der Waals surface area contributed by atoms with Crippen molar-refractivity contribution in [1.29, 1.82) is 0 Å². The van der Waals surface area contributed by atoms with Crippen LogP contribution in [0.3, 0.4) is 0 Å². The summed E-state index contributed by atoms with van der Waals surface area (Å²) in [7, 11) is 1.92. The maximum Gasteiger partial charge on any atom is 0.151 e. The van der Waals surface area contributed by atoms with Crippen molar-refractivity contribution in [2.45, 2.75) is 37.4 Å². The third-order valence-corrected chi connectivity index (χ3v) is 6.95. The number of ether oxygens (including phenoxy) is 1. The second kappa shape index (κ2) is 11.2. The Morgan fingerprint density at radius 2 is 1.97 bits per heavy atom. The molecule has 0 radical (unpaired) electrons. The summed E-state index contributed by atoms with van der Waals surface area (Å²) in [4.78, 5) is 14.9. The topological polar surface area (TPSA) is 54.5 Å². The average molecular weight is 468 g/mol. The Kier molecular flexibility index (Phi) is 8.69. The van der Waals surface area contributed by atoms with Gasteiger partial charge in [-0.05, 0) is 67.0 Å². The van der Waals surface area contributed by atoms with Gasteiger partial charge in [-0.15, -0.1) is 0 Å². The van der Waals surface area contributed by atoms with E-state index in [1.807, 2.05) is 13.1 Å². The van der Waals surface area contributed by atoms with Crippen LogP contribution in [0.1, 0.15) is 48.0 Å². The second-order valence-electron chi connectivity index (χ2n) is 7.40. The lowest BCUT2D eigenvalue weighted by atomic mass is 9.91. The van der Waals surface area contributed by atoms with Crippen molar-refractivity contribution < 1.29 is 9.53 Å². The maximum absolute atomic E-state index is 10.7. The Hall–Kier alpha value is -1.47. The number of rotatable bonds is 4. The minimum Gasteiger partial charge on any atom is -0.388 e. The number of hydrogen-bond acceptors (Lipinski definition) is 6. The summed E-state index contributed by atoms with van der Waals surface area (Å²) in [5.41, 5.74) is 2.92. The van der Waals surface area contributed by atoms with Gasteiger partial charge in [0.25, 0.3) is 0 Å². The molecule has 30 heavy (non-hydrogen) atoms. The van der Waals surface area contributed by atoms with Gasteiger partial charge in [-0.2, -0.15) is 0 Å². The van der Waals surface area contributed by atoms with E-state index in [9.17, 15) is 4.79 Å². The van der Waals surface area contributed by atoms with Crippen molar-refractivity contribution in [2.24, 2.45) is 0 Å². The quantitative estimate of drug-likeness (QED) is 0.434. The highest BCUT2D eigenvalue weighted by atomic mass is 35.5. The smallest absolute Gasteiger partial charge is 0.151 e. The van der Waals surface area contributed by atoms with Crippen LogP contribution in [0.25, 0.3) is 0 Å². The predicted octanol–water partition coefficient (Wildman–Crippen LogP) is 6.07. The number of pyridine rings is 1. The molecule has 1 aromatic heterocycles. The molecule has 162 valence electrons. The molecule has 4 rings (SSSR count). The molecule has 3 heterocycles. The minimum absolute atomic E-state index is 0.408. The molecule has 1 unspecified atom stereocenters. The molecular weight excluding hydrogens is 441 g/mol. The van der Waals surface area contributed by atoms with Gasteiger partial charge >= 0.3 is 0 Å². The molecule has 0 aliphatic carbocycles. The summed E-state index contributed by atoms with van der Waals surface area (Å²) >= 11 is 13.6. The summed E-state index contributed by atoms with van der Waals surface area (Å²) in [6, 6.07) is 7.94. The minimum atomic E-state index is 0.408. The van der Waals surface area contributed by atoms with Crippen molar-refractivity contribution in [2.75, 3.05) is 36.4 Å². The summed E-state index contributed by atoms with van der Waals surface area (Å²) < 4.78 is 7.46. The van der Waals surface area contributed by atoms with E-state index < -0.39 is 0 Å². The highest BCUT2D eigenvalue weighted by Crippen LogP contribution is 2.33. The highest BCUT2D eigenvalue weighted by molar-refractivity contribution is 8.01. The molecule has 1 atom stereocenters. The van der Waals surface area contributed by atoms with Gasteiger partial charge in [0, 0.05) is 54.5 Å². The zero-order valence-electron chi connectivity index (χ0n) is 17.2. The van der Waals surface area contributed by atoms with Crippen LogP contribution in [0, 0.1) is 0 Å². The zero-order chi connectivity index (χ0) is 21.5. The first-order valence-electron chi connectivity index (χ1n) is 10.1. The number of benzene rings is 1. The summed E-state index contributed by atoms with van der Waals surface area (Å²) in [5, 5.41) is 4.96. The van der Waals surface area contributed by atoms with E-state index >= 15 is 0 Å². The SMILES string of the molecule is CC1CCN(c2cc(C=O)c(Cl)cn2)S1.CNc1cc(Cl)cc(C2CCOCC2)c1. The molecule has 2 aliphatic rings. The Labute approximate surface area is 192 Å². The third-order valence-electron chi connectivity index (χ3n) is 5.20. The van der Waals surface area contributed by atoms with Crippen LogP contribution < -0.4 is 9.62 Å². The first-order valence-corrected chi connectivity index (χ1v) is 11.7. The molecule has 1 N–H and O–H groups in total. The molecule has 2 saturated heterocycles. The highest BCUT2D eigenvalue weighted by Gasteiger charge is 2.21. The van der Waals surface area contributed by atoms with Gasteiger partial charge in [-0.1, -0.05) is 30.1 Å². The van der Waals surface area contributed by atoms with Gasteiger partial charge < -0.3 is 14.4 Å². The van der Waals surface area contributed by atoms with Crippen molar-refractivity contribution >= 4 is 52.9 Å². The fourth-order valence-corrected chi connectivity index (χ4v) is 4.94. The standard InChI is InChI=1S/C12H16ClNO.C10H11ClN2OS/c1-14-12-7-10(6-11(13)8-12)9-2-4-15-5-3-9;1-7-2-3-13(15-7)10-4-8(6-14)9(11)5-12-10/h6-9,14H,2-5H2,1H3;4-7H,2-3H2,1H3. The Morgan fingerprint density at radius 1 is 1.20 bits per heavy atom. The molecule has 1 aromatic carbocycles. The van der Waals surface area contributed by atoms with E-state index in [1.165, 1.54) is 11.8 Å². The van der Waals surface area contributed by atoms with Crippen LogP contribution >= 0.6 is 35.1 Å². The van der Waals surface area contributed by atoms with E-state index in [0.717, 1.165) is 61.8 Å². The Balaban J connectivity index is 0.000000171. The predicted molar refractivity (Wildman–Crippen MR) is 127 cm³/mol. The number of nitrogens with one attached hydrogen (secondary N) is 1. The molecule has 0 saturated carbocycles. The van der Waals surface area contributed by atoms with Gasteiger partial charge in [-0.3, -0.25) is 4.79 Å². The molecule has 0 amide bonds. The normalized spacial score (nSPS) is 19.2. The summed E-state index contributed by atoms with van der Waals surface area (Å²) in [5.74, 6) is 1.42. The van der Waals surface area contributed by atoms with Crippen LogP contribution in [0.4, 0.5) is 11.5 Å². The lowest BCUT2D eigenvalue weighted by molar-refractivity contribution is 0.0853. The van der Waals surface area contributed by atoms with E-state index in [0.29, 0.717) is 21.8 Å². The number of nitrogens with zero attached hydrogens (tertiary/aromatic N) is 2. The van der Waals surface area contributed by atoms with E-state index in [-0.39, 0.29) is 0 Å². The zero-order valence-corrected chi connectivity index (χ0v) is 19.6. The number of aldehydes is 1. The van der Waals surface area contributed by atoms with Crippen LogP contribution in [-0.4, -0.2) is 43.3 Å². The van der Waals surface area contributed by atoms with Gasteiger partial charge in [0.1, 0.15) is 5.82 Å². The van der Waals surface area contributed by atoms with E-state index in [2.05, 4.69) is 33.7 Å². The lowest BCUT2D eigenvalue weighted by Crippen LogP contribution is -2.14. The van der Waals surface area contributed by atoms with E-state index in [1.54, 1.807) is 18.0 Å². The number of carbonyl (C=O) groups is 1. The number of hydrogen-bond donors (Lipinski definition) is 1.